The largest absolute Gasteiger partial charge is 0.393 e. The lowest BCUT2D eigenvalue weighted by molar-refractivity contribution is 0.111. The summed E-state index contributed by atoms with van der Waals surface area (Å²) >= 11 is 11.9. The van der Waals surface area contributed by atoms with Crippen molar-refractivity contribution in [1.29, 1.82) is 0 Å². The summed E-state index contributed by atoms with van der Waals surface area (Å²) in [7, 11) is 0. The van der Waals surface area contributed by atoms with E-state index in [4.69, 9.17) is 23.2 Å². The second kappa shape index (κ2) is 6.05. The van der Waals surface area contributed by atoms with Crippen molar-refractivity contribution < 1.29 is 5.11 Å². The van der Waals surface area contributed by atoms with Gasteiger partial charge in [-0.3, -0.25) is 0 Å². The Hall–Kier alpha value is -0.280. The van der Waals surface area contributed by atoms with Gasteiger partial charge in [-0.15, -0.1) is 0 Å². The number of hydrogen-bond donors (Lipinski definition) is 2. The van der Waals surface area contributed by atoms with Gasteiger partial charge in [0.15, 0.2) is 0 Å². The summed E-state index contributed by atoms with van der Waals surface area (Å²) in [6, 6.07) is 5.94. The zero-order chi connectivity index (χ0) is 12.3. The smallest absolute Gasteiger partial charge is 0.0555 e. The van der Waals surface area contributed by atoms with Crippen LogP contribution in [0.1, 0.15) is 31.2 Å². The molecular weight excluding hydrogens is 257 g/mol. The standard InChI is InChI=1S/C13H17Cl2NO/c14-10-5-4-9(13(15)6-10)8-16-11-2-1-3-12(17)7-11/h4-6,11-12,16-17H,1-3,7-8H2. The molecule has 2 atom stereocenters. The van der Waals surface area contributed by atoms with Gasteiger partial charge in [-0.25, -0.2) is 0 Å². The van der Waals surface area contributed by atoms with Crippen LogP contribution in [0, 0.1) is 0 Å². The van der Waals surface area contributed by atoms with E-state index in [-0.39, 0.29) is 6.10 Å². The Balaban J connectivity index is 1.88. The molecule has 0 amide bonds. The maximum Gasteiger partial charge on any atom is 0.0555 e. The van der Waals surface area contributed by atoms with Gasteiger partial charge in [-0.1, -0.05) is 29.3 Å². The molecule has 1 aromatic rings. The fourth-order valence-electron chi connectivity index (χ4n) is 2.27. The highest BCUT2D eigenvalue weighted by atomic mass is 35.5. The highest BCUT2D eigenvalue weighted by Crippen LogP contribution is 2.22. The van der Waals surface area contributed by atoms with Gasteiger partial charge in [0.25, 0.3) is 0 Å². The Morgan fingerprint density at radius 2 is 2.12 bits per heavy atom. The third-order valence-corrected chi connectivity index (χ3v) is 3.83. The van der Waals surface area contributed by atoms with Gasteiger partial charge in [0.2, 0.25) is 0 Å². The lowest BCUT2D eigenvalue weighted by Crippen LogP contribution is -2.35. The number of nitrogens with one attached hydrogen (secondary N) is 1. The molecule has 94 valence electrons. The molecule has 0 radical (unpaired) electrons. The van der Waals surface area contributed by atoms with Gasteiger partial charge in [0, 0.05) is 22.6 Å². The second-order valence-electron chi connectivity index (χ2n) is 4.63. The van der Waals surface area contributed by atoms with Crippen molar-refractivity contribution in [2.24, 2.45) is 0 Å². The van der Waals surface area contributed by atoms with Crippen LogP contribution in [0.4, 0.5) is 0 Å². The van der Waals surface area contributed by atoms with Crippen LogP contribution in [0.2, 0.25) is 10.0 Å². The van der Waals surface area contributed by atoms with E-state index in [9.17, 15) is 5.11 Å². The van der Waals surface area contributed by atoms with E-state index in [0.29, 0.717) is 16.1 Å². The predicted octanol–water partition coefficient (Wildman–Crippen LogP) is 3.39. The molecule has 0 heterocycles. The molecule has 1 fully saturated rings. The summed E-state index contributed by atoms with van der Waals surface area (Å²) in [6.45, 7) is 0.730. The summed E-state index contributed by atoms with van der Waals surface area (Å²) < 4.78 is 0. The van der Waals surface area contributed by atoms with E-state index in [1.54, 1.807) is 6.07 Å². The molecule has 1 saturated carbocycles. The summed E-state index contributed by atoms with van der Waals surface area (Å²) in [5, 5.41) is 14.4. The number of halogens is 2. The van der Waals surface area contributed by atoms with E-state index >= 15 is 0 Å². The van der Waals surface area contributed by atoms with E-state index < -0.39 is 0 Å². The second-order valence-corrected chi connectivity index (χ2v) is 5.48. The highest BCUT2D eigenvalue weighted by Gasteiger charge is 2.19. The molecule has 0 saturated heterocycles. The maximum absolute atomic E-state index is 9.58. The Morgan fingerprint density at radius 1 is 1.29 bits per heavy atom. The maximum atomic E-state index is 9.58. The van der Waals surface area contributed by atoms with Crippen molar-refractivity contribution in [3.05, 3.63) is 33.8 Å². The van der Waals surface area contributed by atoms with Crippen LogP contribution in [-0.2, 0) is 6.54 Å². The van der Waals surface area contributed by atoms with Gasteiger partial charge in [-0.2, -0.15) is 0 Å². The Morgan fingerprint density at radius 3 is 2.82 bits per heavy atom. The summed E-state index contributed by atoms with van der Waals surface area (Å²) in [6.07, 6.45) is 3.84. The summed E-state index contributed by atoms with van der Waals surface area (Å²) in [5.74, 6) is 0. The molecule has 2 nitrogen and oxygen atoms in total. The first-order valence-corrected chi connectivity index (χ1v) is 6.76. The molecule has 1 aliphatic rings. The van der Waals surface area contributed by atoms with Crippen LogP contribution >= 0.6 is 23.2 Å². The van der Waals surface area contributed by atoms with Crippen LogP contribution in [0.3, 0.4) is 0 Å². The number of benzene rings is 1. The highest BCUT2D eigenvalue weighted by molar-refractivity contribution is 6.35. The van der Waals surface area contributed by atoms with Crippen molar-refractivity contribution in [2.75, 3.05) is 0 Å². The molecular formula is C13H17Cl2NO. The molecule has 0 aromatic heterocycles. The Kier molecular flexibility index (Phi) is 4.69. The van der Waals surface area contributed by atoms with Gasteiger partial charge >= 0.3 is 0 Å². The van der Waals surface area contributed by atoms with Gasteiger partial charge < -0.3 is 10.4 Å². The number of rotatable bonds is 3. The zero-order valence-corrected chi connectivity index (χ0v) is 11.1. The van der Waals surface area contributed by atoms with Crippen molar-refractivity contribution in [3.63, 3.8) is 0 Å². The molecule has 1 aromatic carbocycles. The Bertz CT molecular complexity index is 384. The molecule has 2 N–H and O–H groups in total. The zero-order valence-electron chi connectivity index (χ0n) is 9.63. The third kappa shape index (κ3) is 3.85. The minimum Gasteiger partial charge on any atom is -0.393 e. The van der Waals surface area contributed by atoms with Crippen molar-refractivity contribution in [2.45, 2.75) is 44.4 Å². The van der Waals surface area contributed by atoms with E-state index in [0.717, 1.165) is 37.8 Å². The van der Waals surface area contributed by atoms with Crippen LogP contribution in [0.25, 0.3) is 0 Å². The third-order valence-electron chi connectivity index (χ3n) is 3.24. The van der Waals surface area contributed by atoms with E-state index in [1.165, 1.54) is 0 Å². The summed E-state index contributed by atoms with van der Waals surface area (Å²) in [5.41, 5.74) is 1.05. The van der Waals surface area contributed by atoms with E-state index in [2.05, 4.69) is 5.32 Å². The topological polar surface area (TPSA) is 32.3 Å². The first kappa shape index (κ1) is 13.2. The molecule has 0 aliphatic heterocycles. The molecule has 0 spiro atoms. The van der Waals surface area contributed by atoms with Crippen molar-refractivity contribution in [3.8, 4) is 0 Å². The molecule has 2 rings (SSSR count). The lowest BCUT2D eigenvalue weighted by Gasteiger charge is -2.26. The van der Waals surface area contributed by atoms with Crippen molar-refractivity contribution >= 4 is 23.2 Å². The van der Waals surface area contributed by atoms with Crippen LogP contribution in [0.15, 0.2) is 18.2 Å². The SMILES string of the molecule is OC1CCCC(NCc2ccc(Cl)cc2Cl)C1. The fourth-order valence-corrected chi connectivity index (χ4v) is 2.74. The minimum atomic E-state index is -0.151. The average Bonchev–Trinajstić information content (AvgIpc) is 2.28. The normalized spacial score (nSPS) is 24.9. The number of hydrogen-bond acceptors (Lipinski definition) is 2. The lowest BCUT2D eigenvalue weighted by atomic mass is 9.93. The van der Waals surface area contributed by atoms with Crippen LogP contribution in [-0.4, -0.2) is 17.3 Å². The predicted molar refractivity (Wildman–Crippen MR) is 71.6 cm³/mol. The molecule has 0 bridgehead atoms. The van der Waals surface area contributed by atoms with Crippen LogP contribution < -0.4 is 5.32 Å². The molecule has 2 unspecified atom stereocenters. The van der Waals surface area contributed by atoms with Crippen LogP contribution in [0.5, 0.6) is 0 Å². The number of aliphatic hydroxyl groups is 1. The first-order valence-electron chi connectivity index (χ1n) is 6.00. The van der Waals surface area contributed by atoms with Gasteiger partial charge in [0.1, 0.15) is 0 Å². The first-order chi connectivity index (χ1) is 8.15. The van der Waals surface area contributed by atoms with Gasteiger partial charge in [-0.05, 0) is 43.4 Å². The average molecular weight is 274 g/mol. The van der Waals surface area contributed by atoms with E-state index in [1.807, 2.05) is 12.1 Å². The van der Waals surface area contributed by atoms with Crippen molar-refractivity contribution in [1.82, 2.24) is 5.32 Å². The fraction of sp³-hybridized carbons (Fsp3) is 0.538. The molecule has 1 aliphatic carbocycles. The number of aliphatic hydroxyl groups excluding tert-OH is 1. The molecule has 4 heteroatoms. The minimum absolute atomic E-state index is 0.151. The Labute approximate surface area is 112 Å². The quantitative estimate of drug-likeness (QED) is 0.885. The monoisotopic (exact) mass is 273 g/mol. The van der Waals surface area contributed by atoms with Gasteiger partial charge in [0.05, 0.1) is 6.10 Å². The molecule has 17 heavy (non-hydrogen) atoms. The summed E-state index contributed by atoms with van der Waals surface area (Å²) in [4.78, 5) is 0.